The Bertz CT molecular complexity index is 1270. The molecule has 3 aromatic rings. The summed E-state index contributed by atoms with van der Waals surface area (Å²) in [6, 6.07) is 17.6. The third kappa shape index (κ3) is 4.49. The Hall–Kier alpha value is -3.52. The van der Waals surface area contributed by atoms with Gasteiger partial charge in [0.05, 0.1) is 4.90 Å². The van der Waals surface area contributed by atoms with Crippen LogP contribution in [-0.2, 0) is 14.6 Å². The van der Waals surface area contributed by atoms with E-state index in [0.29, 0.717) is 22.5 Å². The fraction of sp³-hybridized carbons (Fsp3) is 0.174. The van der Waals surface area contributed by atoms with E-state index in [1.807, 2.05) is 18.2 Å². The molecule has 31 heavy (non-hydrogen) atoms. The molecule has 0 unspecified atom stereocenters. The molecule has 2 atom stereocenters. The van der Waals surface area contributed by atoms with Crippen LogP contribution in [0.1, 0.15) is 23.5 Å². The Morgan fingerprint density at radius 1 is 1.13 bits per heavy atom. The largest absolute Gasteiger partial charge is 0.384 e. The van der Waals surface area contributed by atoms with E-state index in [9.17, 15) is 13.2 Å². The van der Waals surface area contributed by atoms with E-state index in [-0.39, 0.29) is 28.5 Å². The lowest BCUT2D eigenvalue weighted by Crippen LogP contribution is -2.15. The number of aromatic nitrogens is 1. The second-order valence-electron chi connectivity index (χ2n) is 7.68. The number of sulfone groups is 1. The molecule has 1 aliphatic rings. The quantitative estimate of drug-likeness (QED) is 0.406. The topological polar surface area (TPSA) is 126 Å². The monoisotopic (exact) mass is 434 g/mol. The number of rotatable bonds is 6. The molecular weight excluding hydrogens is 412 g/mol. The zero-order valence-electron chi connectivity index (χ0n) is 16.9. The van der Waals surface area contributed by atoms with Gasteiger partial charge in [0.1, 0.15) is 11.7 Å². The molecule has 1 heterocycles. The van der Waals surface area contributed by atoms with E-state index in [2.05, 4.69) is 10.3 Å². The molecule has 1 aliphatic carbocycles. The SMILES string of the molecule is CS(=O)(=O)c1ccccc1-c1ccc(NC(=O)[C@@H]2C[C@@H]2c2cccc(C(=N)N)c2)nc1. The molecule has 4 rings (SSSR count). The summed E-state index contributed by atoms with van der Waals surface area (Å²) in [7, 11) is -3.37. The van der Waals surface area contributed by atoms with Crippen molar-refractivity contribution in [3.8, 4) is 11.1 Å². The molecule has 2 aromatic carbocycles. The van der Waals surface area contributed by atoms with E-state index < -0.39 is 9.84 Å². The molecule has 1 aromatic heterocycles. The summed E-state index contributed by atoms with van der Waals surface area (Å²) in [6.07, 6.45) is 3.46. The second kappa shape index (κ2) is 7.96. The number of hydrogen-bond acceptors (Lipinski definition) is 5. The van der Waals surface area contributed by atoms with Gasteiger partial charge in [-0.15, -0.1) is 0 Å². The summed E-state index contributed by atoms with van der Waals surface area (Å²) in [5.74, 6) is 0.240. The minimum Gasteiger partial charge on any atom is -0.384 e. The van der Waals surface area contributed by atoms with Gasteiger partial charge in [-0.2, -0.15) is 0 Å². The van der Waals surface area contributed by atoms with Gasteiger partial charge >= 0.3 is 0 Å². The van der Waals surface area contributed by atoms with Crippen LogP contribution in [0.15, 0.2) is 71.8 Å². The predicted molar refractivity (Wildman–Crippen MR) is 120 cm³/mol. The summed E-state index contributed by atoms with van der Waals surface area (Å²) in [4.78, 5) is 17.2. The number of hydrogen-bond donors (Lipinski definition) is 3. The third-order valence-corrected chi connectivity index (χ3v) is 6.52. The highest BCUT2D eigenvalue weighted by Crippen LogP contribution is 2.48. The van der Waals surface area contributed by atoms with Crippen molar-refractivity contribution in [2.75, 3.05) is 11.6 Å². The number of amides is 1. The molecular formula is C23H22N4O3S. The van der Waals surface area contributed by atoms with Gasteiger partial charge in [-0.25, -0.2) is 13.4 Å². The van der Waals surface area contributed by atoms with Crippen molar-refractivity contribution in [2.24, 2.45) is 11.7 Å². The number of nitrogens with zero attached hydrogens (tertiary/aromatic N) is 1. The molecule has 8 heteroatoms. The van der Waals surface area contributed by atoms with Gasteiger partial charge in [-0.3, -0.25) is 10.2 Å². The van der Waals surface area contributed by atoms with Crippen molar-refractivity contribution < 1.29 is 13.2 Å². The molecule has 0 saturated heterocycles. The summed E-state index contributed by atoms with van der Waals surface area (Å²) in [6.45, 7) is 0. The van der Waals surface area contributed by atoms with Crippen molar-refractivity contribution in [3.05, 3.63) is 78.0 Å². The second-order valence-corrected chi connectivity index (χ2v) is 9.66. The molecule has 1 fully saturated rings. The van der Waals surface area contributed by atoms with Crippen molar-refractivity contribution in [3.63, 3.8) is 0 Å². The normalized spacial score (nSPS) is 17.7. The smallest absolute Gasteiger partial charge is 0.229 e. The van der Waals surface area contributed by atoms with E-state index in [1.54, 1.807) is 48.7 Å². The first-order valence-corrected chi connectivity index (χ1v) is 11.6. The maximum Gasteiger partial charge on any atom is 0.229 e. The van der Waals surface area contributed by atoms with E-state index in [0.717, 1.165) is 12.0 Å². The highest BCUT2D eigenvalue weighted by molar-refractivity contribution is 7.90. The van der Waals surface area contributed by atoms with Crippen molar-refractivity contribution in [2.45, 2.75) is 17.2 Å². The standard InChI is InChI=1S/C23H22N4O3S/c1-31(29,30)20-8-3-2-7-17(20)16-9-10-21(26-13-16)27-23(28)19-12-18(19)14-5-4-6-15(11-14)22(24)25/h2-11,13,18-19H,12H2,1H3,(H3,24,25)(H,26,27,28)/t18-,19-/m1/s1. The Morgan fingerprint density at radius 3 is 2.58 bits per heavy atom. The van der Waals surface area contributed by atoms with E-state index in [1.165, 1.54) is 6.26 Å². The minimum absolute atomic E-state index is 0.00485. The van der Waals surface area contributed by atoms with Crippen molar-refractivity contribution >= 4 is 27.4 Å². The highest BCUT2D eigenvalue weighted by Gasteiger charge is 2.44. The summed E-state index contributed by atoms with van der Waals surface area (Å²) < 4.78 is 24.1. The highest BCUT2D eigenvalue weighted by atomic mass is 32.2. The number of amidine groups is 1. The van der Waals surface area contributed by atoms with Crippen LogP contribution in [0, 0.1) is 11.3 Å². The predicted octanol–water partition coefficient (Wildman–Crippen LogP) is 3.18. The van der Waals surface area contributed by atoms with Crippen LogP contribution in [0.3, 0.4) is 0 Å². The zero-order chi connectivity index (χ0) is 22.2. The number of nitrogens with two attached hydrogens (primary N) is 1. The maximum absolute atomic E-state index is 12.6. The third-order valence-electron chi connectivity index (χ3n) is 5.37. The first-order valence-electron chi connectivity index (χ1n) is 9.75. The van der Waals surface area contributed by atoms with Gasteiger partial charge in [0.2, 0.25) is 5.91 Å². The number of carbonyl (C=O) groups is 1. The molecule has 7 nitrogen and oxygen atoms in total. The lowest BCUT2D eigenvalue weighted by atomic mass is 10.0. The number of anilines is 1. The minimum atomic E-state index is -3.37. The fourth-order valence-electron chi connectivity index (χ4n) is 3.66. The molecule has 1 amide bonds. The lowest BCUT2D eigenvalue weighted by Gasteiger charge is -2.09. The Morgan fingerprint density at radius 2 is 1.90 bits per heavy atom. The summed E-state index contributed by atoms with van der Waals surface area (Å²) >= 11 is 0. The summed E-state index contributed by atoms with van der Waals surface area (Å²) in [5, 5.41) is 10.4. The van der Waals surface area contributed by atoms with Crippen LogP contribution in [0.4, 0.5) is 5.82 Å². The molecule has 0 aliphatic heterocycles. The first kappa shape index (κ1) is 20.7. The number of nitrogens with one attached hydrogen (secondary N) is 2. The molecule has 4 N–H and O–H groups in total. The number of nitrogen functional groups attached to an aromatic ring is 1. The molecule has 0 spiro atoms. The van der Waals surface area contributed by atoms with Gasteiger partial charge in [0.15, 0.2) is 9.84 Å². The first-order chi connectivity index (χ1) is 14.7. The fourth-order valence-corrected chi connectivity index (χ4v) is 4.58. The van der Waals surface area contributed by atoms with Gasteiger partial charge in [0.25, 0.3) is 0 Å². The number of pyridine rings is 1. The zero-order valence-corrected chi connectivity index (χ0v) is 17.7. The molecule has 0 bridgehead atoms. The average molecular weight is 435 g/mol. The van der Waals surface area contributed by atoms with Gasteiger partial charge < -0.3 is 11.1 Å². The van der Waals surface area contributed by atoms with Crippen LogP contribution in [0.5, 0.6) is 0 Å². The van der Waals surface area contributed by atoms with Crippen LogP contribution in [0.2, 0.25) is 0 Å². The molecule has 0 radical (unpaired) electrons. The lowest BCUT2D eigenvalue weighted by molar-refractivity contribution is -0.117. The molecule has 158 valence electrons. The van der Waals surface area contributed by atoms with E-state index in [4.69, 9.17) is 11.1 Å². The Balaban J connectivity index is 1.46. The van der Waals surface area contributed by atoms with Crippen LogP contribution in [0.25, 0.3) is 11.1 Å². The Kier molecular flexibility index (Phi) is 5.32. The van der Waals surface area contributed by atoms with Gasteiger partial charge in [-0.05, 0) is 42.2 Å². The van der Waals surface area contributed by atoms with Gasteiger partial charge in [0, 0.05) is 35.1 Å². The average Bonchev–Trinajstić information content (AvgIpc) is 3.55. The number of carbonyl (C=O) groups excluding carboxylic acids is 1. The van der Waals surface area contributed by atoms with E-state index >= 15 is 0 Å². The van der Waals surface area contributed by atoms with Gasteiger partial charge in [-0.1, -0.05) is 36.4 Å². The molecule has 1 saturated carbocycles. The maximum atomic E-state index is 12.6. The van der Waals surface area contributed by atoms with Crippen LogP contribution in [-0.4, -0.2) is 31.4 Å². The number of benzene rings is 2. The van der Waals surface area contributed by atoms with Crippen LogP contribution >= 0.6 is 0 Å². The van der Waals surface area contributed by atoms with Crippen molar-refractivity contribution in [1.82, 2.24) is 4.98 Å². The Labute approximate surface area is 180 Å². The van der Waals surface area contributed by atoms with Crippen LogP contribution < -0.4 is 11.1 Å². The van der Waals surface area contributed by atoms with Crippen molar-refractivity contribution in [1.29, 1.82) is 5.41 Å². The summed E-state index contributed by atoms with van der Waals surface area (Å²) in [5.41, 5.74) is 8.42.